The third kappa shape index (κ3) is 6.84. The first kappa shape index (κ1) is 23.3. The summed E-state index contributed by atoms with van der Waals surface area (Å²) in [6, 6.07) is 20.3. The van der Waals surface area contributed by atoms with Crippen molar-refractivity contribution < 1.29 is 13.9 Å². The molecular formula is C24H22ClN3O3S. The second-order valence-corrected chi connectivity index (χ2v) is 8.00. The summed E-state index contributed by atoms with van der Waals surface area (Å²) in [7, 11) is 0. The van der Waals surface area contributed by atoms with Gasteiger partial charge < -0.3 is 19.8 Å². The van der Waals surface area contributed by atoms with Crippen LogP contribution in [0.15, 0.2) is 81.9 Å². The first-order valence-electron chi connectivity index (χ1n) is 9.91. The summed E-state index contributed by atoms with van der Waals surface area (Å²) in [5.74, 6) is 1.41. The van der Waals surface area contributed by atoms with E-state index in [0.29, 0.717) is 28.2 Å². The Hall–Kier alpha value is -3.34. The van der Waals surface area contributed by atoms with E-state index >= 15 is 0 Å². The molecule has 0 aliphatic carbocycles. The molecule has 0 aliphatic rings. The first-order chi connectivity index (χ1) is 15.6. The maximum atomic E-state index is 12.8. The Kier molecular flexibility index (Phi) is 8.67. The minimum atomic E-state index is -0.485. The van der Waals surface area contributed by atoms with Crippen LogP contribution in [-0.4, -0.2) is 12.5 Å². The largest absolute Gasteiger partial charge is 0.494 e. The number of ether oxygens (including phenoxy) is 1. The maximum absolute atomic E-state index is 12.8. The van der Waals surface area contributed by atoms with E-state index in [9.17, 15) is 10.1 Å². The van der Waals surface area contributed by atoms with Gasteiger partial charge in [-0.2, -0.15) is 5.26 Å². The summed E-state index contributed by atoms with van der Waals surface area (Å²) >= 11 is 7.33. The van der Waals surface area contributed by atoms with Gasteiger partial charge in [0.25, 0.3) is 5.91 Å². The van der Waals surface area contributed by atoms with E-state index in [-0.39, 0.29) is 12.1 Å². The summed E-state index contributed by atoms with van der Waals surface area (Å²) in [6.07, 6.45) is 1.53. The fourth-order valence-corrected chi connectivity index (χ4v) is 3.81. The SMILES string of the molecule is CCOc1ccc(N/C(SCc2ccc(Cl)cc2)=C(/C#N)C(=O)NCc2ccco2)cc1. The molecule has 2 aromatic carbocycles. The first-order valence-corrected chi connectivity index (χ1v) is 11.3. The van der Waals surface area contributed by atoms with E-state index < -0.39 is 5.91 Å². The molecule has 6 nitrogen and oxygen atoms in total. The predicted octanol–water partition coefficient (Wildman–Crippen LogP) is 5.73. The molecule has 8 heteroatoms. The van der Waals surface area contributed by atoms with Crippen LogP contribution in [0.25, 0.3) is 0 Å². The highest BCUT2D eigenvalue weighted by Crippen LogP contribution is 2.28. The van der Waals surface area contributed by atoms with Gasteiger partial charge in [0.15, 0.2) is 0 Å². The predicted molar refractivity (Wildman–Crippen MR) is 127 cm³/mol. The Morgan fingerprint density at radius 3 is 2.53 bits per heavy atom. The monoisotopic (exact) mass is 467 g/mol. The van der Waals surface area contributed by atoms with Gasteiger partial charge in [-0.3, -0.25) is 4.79 Å². The van der Waals surface area contributed by atoms with Crippen LogP contribution in [0.1, 0.15) is 18.2 Å². The Bertz CT molecular complexity index is 1090. The standard InChI is InChI=1S/C24H22ClN3O3S/c1-2-30-20-11-9-19(10-12-20)28-24(32-16-17-5-7-18(25)8-6-17)22(14-26)23(29)27-15-21-4-3-13-31-21/h3-13,28H,2,15-16H2,1H3,(H,27,29)/b24-22+. The molecule has 0 bridgehead atoms. The molecule has 0 aliphatic heterocycles. The lowest BCUT2D eigenvalue weighted by Gasteiger charge is -2.14. The number of furan rings is 1. The van der Waals surface area contributed by atoms with Crippen LogP contribution >= 0.6 is 23.4 Å². The van der Waals surface area contributed by atoms with Gasteiger partial charge in [-0.15, -0.1) is 11.8 Å². The van der Waals surface area contributed by atoms with Gasteiger partial charge in [0.05, 0.1) is 24.4 Å². The highest BCUT2D eigenvalue weighted by Gasteiger charge is 2.17. The number of carbonyl (C=O) groups is 1. The zero-order chi connectivity index (χ0) is 22.8. The molecule has 32 heavy (non-hydrogen) atoms. The van der Waals surface area contributed by atoms with E-state index in [1.54, 1.807) is 12.1 Å². The molecule has 0 radical (unpaired) electrons. The highest BCUT2D eigenvalue weighted by atomic mass is 35.5. The topological polar surface area (TPSA) is 87.3 Å². The smallest absolute Gasteiger partial charge is 0.265 e. The van der Waals surface area contributed by atoms with Crippen molar-refractivity contribution in [2.75, 3.05) is 11.9 Å². The molecular weight excluding hydrogens is 446 g/mol. The van der Waals surface area contributed by atoms with Gasteiger partial charge in [-0.1, -0.05) is 23.7 Å². The van der Waals surface area contributed by atoms with Crippen molar-refractivity contribution in [2.24, 2.45) is 0 Å². The van der Waals surface area contributed by atoms with Crippen molar-refractivity contribution in [3.8, 4) is 11.8 Å². The number of nitrogens with one attached hydrogen (secondary N) is 2. The third-order valence-electron chi connectivity index (χ3n) is 4.29. The lowest BCUT2D eigenvalue weighted by Crippen LogP contribution is -2.25. The van der Waals surface area contributed by atoms with Gasteiger partial charge in [0, 0.05) is 16.5 Å². The summed E-state index contributed by atoms with van der Waals surface area (Å²) in [5, 5.41) is 16.8. The number of nitrogens with zero attached hydrogens (tertiary/aromatic N) is 1. The Morgan fingerprint density at radius 1 is 1.16 bits per heavy atom. The van der Waals surface area contributed by atoms with Gasteiger partial charge in [0.2, 0.25) is 0 Å². The van der Waals surface area contributed by atoms with Crippen LogP contribution in [-0.2, 0) is 17.1 Å². The molecule has 0 saturated heterocycles. The molecule has 0 atom stereocenters. The lowest BCUT2D eigenvalue weighted by molar-refractivity contribution is -0.117. The summed E-state index contributed by atoms with van der Waals surface area (Å²) < 4.78 is 10.7. The zero-order valence-electron chi connectivity index (χ0n) is 17.4. The molecule has 0 unspecified atom stereocenters. The van der Waals surface area contributed by atoms with E-state index in [1.165, 1.54) is 18.0 Å². The fraction of sp³-hybridized carbons (Fsp3) is 0.167. The van der Waals surface area contributed by atoms with Crippen LogP contribution < -0.4 is 15.4 Å². The number of hydrogen-bond donors (Lipinski definition) is 2. The van der Waals surface area contributed by atoms with Gasteiger partial charge in [0.1, 0.15) is 23.2 Å². The fourth-order valence-electron chi connectivity index (χ4n) is 2.71. The molecule has 0 saturated carbocycles. The zero-order valence-corrected chi connectivity index (χ0v) is 19.0. The van der Waals surface area contributed by atoms with E-state index in [2.05, 4.69) is 10.6 Å². The van der Waals surface area contributed by atoms with E-state index in [1.807, 2.05) is 61.5 Å². The normalized spacial score (nSPS) is 11.3. The van der Waals surface area contributed by atoms with Crippen LogP contribution in [0.2, 0.25) is 5.02 Å². The van der Waals surface area contributed by atoms with Gasteiger partial charge >= 0.3 is 0 Å². The summed E-state index contributed by atoms with van der Waals surface area (Å²) in [6.45, 7) is 2.68. The quantitative estimate of drug-likeness (QED) is 0.292. The van der Waals surface area contributed by atoms with Crippen LogP contribution in [0.3, 0.4) is 0 Å². The van der Waals surface area contributed by atoms with E-state index in [4.69, 9.17) is 20.8 Å². The van der Waals surface area contributed by atoms with Crippen molar-refractivity contribution in [2.45, 2.75) is 19.2 Å². The van der Waals surface area contributed by atoms with Crippen LogP contribution in [0.5, 0.6) is 5.75 Å². The van der Waals surface area contributed by atoms with Crippen molar-refractivity contribution in [1.29, 1.82) is 5.26 Å². The number of hydrogen-bond acceptors (Lipinski definition) is 6. The van der Waals surface area contributed by atoms with Crippen LogP contribution in [0, 0.1) is 11.3 Å². The average molecular weight is 468 g/mol. The Morgan fingerprint density at radius 2 is 1.91 bits per heavy atom. The summed E-state index contributed by atoms with van der Waals surface area (Å²) in [5.41, 5.74) is 1.74. The van der Waals surface area contributed by atoms with Crippen molar-refractivity contribution in [1.82, 2.24) is 5.32 Å². The maximum Gasteiger partial charge on any atom is 0.265 e. The molecule has 3 rings (SSSR count). The number of thioether (sulfide) groups is 1. The number of carbonyl (C=O) groups excluding carboxylic acids is 1. The Labute approximate surface area is 196 Å². The van der Waals surface area contributed by atoms with Crippen molar-refractivity contribution >= 4 is 35.0 Å². The lowest BCUT2D eigenvalue weighted by atomic mass is 10.2. The highest BCUT2D eigenvalue weighted by molar-refractivity contribution is 8.02. The van der Waals surface area contributed by atoms with E-state index in [0.717, 1.165) is 17.0 Å². The molecule has 2 N–H and O–H groups in total. The van der Waals surface area contributed by atoms with Crippen molar-refractivity contribution in [3.63, 3.8) is 0 Å². The van der Waals surface area contributed by atoms with Gasteiger partial charge in [-0.05, 0) is 61.0 Å². The molecule has 164 valence electrons. The second-order valence-electron chi connectivity index (χ2n) is 6.58. The molecule has 1 heterocycles. The number of halogens is 1. The van der Waals surface area contributed by atoms with Crippen LogP contribution in [0.4, 0.5) is 5.69 Å². The molecule has 0 spiro atoms. The number of rotatable bonds is 10. The molecule has 3 aromatic rings. The summed E-state index contributed by atoms with van der Waals surface area (Å²) in [4.78, 5) is 12.8. The van der Waals surface area contributed by atoms with Crippen molar-refractivity contribution in [3.05, 3.63) is 93.9 Å². The average Bonchev–Trinajstić information content (AvgIpc) is 3.32. The molecule has 1 amide bonds. The third-order valence-corrected chi connectivity index (χ3v) is 5.61. The molecule has 0 fully saturated rings. The molecule has 1 aromatic heterocycles. The number of nitriles is 1. The number of benzene rings is 2. The Balaban J connectivity index is 1.81. The van der Waals surface area contributed by atoms with Gasteiger partial charge in [-0.25, -0.2) is 0 Å². The minimum absolute atomic E-state index is 0.00981. The number of amides is 1. The second kappa shape index (κ2) is 11.9. The number of anilines is 1. The minimum Gasteiger partial charge on any atom is -0.494 e.